The van der Waals surface area contributed by atoms with Crippen molar-refractivity contribution >= 4 is 40.0 Å². The molecule has 178 valence electrons. The van der Waals surface area contributed by atoms with Crippen molar-refractivity contribution in [2.45, 2.75) is 18.9 Å². The number of likely N-dealkylation sites (tertiary alicyclic amines) is 1. The Labute approximate surface area is 202 Å². The Hall–Kier alpha value is -3.39. The van der Waals surface area contributed by atoms with Crippen LogP contribution in [0.3, 0.4) is 0 Å². The molecule has 0 bridgehead atoms. The fourth-order valence-electron chi connectivity index (χ4n) is 4.24. The molecule has 1 fully saturated rings. The molecule has 0 N–H and O–H groups in total. The molecule has 0 aliphatic carbocycles. The van der Waals surface area contributed by atoms with Gasteiger partial charge in [-0.15, -0.1) is 0 Å². The number of halogens is 2. The number of ether oxygens (including phenoxy) is 1. The van der Waals surface area contributed by atoms with Gasteiger partial charge < -0.3 is 19.4 Å². The van der Waals surface area contributed by atoms with Crippen molar-refractivity contribution in [1.29, 1.82) is 0 Å². The van der Waals surface area contributed by atoms with Crippen molar-refractivity contribution in [2.24, 2.45) is 0 Å². The maximum absolute atomic E-state index is 13.7. The Morgan fingerprint density at radius 3 is 2.65 bits per heavy atom. The molecule has 1 saturated heterocycles. The van der Waals surface area contributed by atoms with Crippen molar-refractivity contribution in [2.75, 3.05) is 38.7 Å². The normalized spacial score (nSPS) is 14.2. The van der Waals surface area contributed by atoms with Crippen LogP contribution in [-0.2, 0) is 4.79 Å². The van der Waals surface area contributed by atoms with Gasteiger partial charge in [-0.05, 0) is 43.2 Å². The minimum Gasteiger partial charge on any atom is -0.483 e. The SMILES string of the molecule is CN(C)C(=O)N1CCC(N(C(=O)COc2cccc3cnccc23)c2ccc(F)cc2Cl)CC1. The highest BCUT2D eigenvalue weighted by Crippen LogP contribution is 2.32. The fraction of sp³-hybridized carbons (Fsp3) is 0.320. The Morgan fingerprint density at radius 1 is 1.18 bits per heavy atom. The molecule has 4 rings (SSSR count). The second kappa shape index (κ2) is 10.3. The van der Waals surface area contributed by atoms with Crippen LogP contribution in [0.2, 0.25) is 5.02 Å². The van der Waals surface area contributed by atoms with E-state index in [0.29, 0.717) is 37.4 Å². The highest BCUT2D eigenvalue weighted by molar-refractivity contribution is 6.33. The van der Waals surface area contributed by atoms with E-state index < -0.39 is 5.82 Å². The third-order valence-corrected chi connectivity index (χ3v) is 6.22. The quantitative estimate of drug-likeness (QED) is 0.531. The summed E-state index contributed by atoms with van der Waals surface area (Å²) in [5, 5.41) is 1.91. The smallest absolute Gasteiger partial charge is 0.319 e. The van der Waals surface area contributed by atoms with E-state index in [2.05, 4.69) is 4.98 Å². The van der Waals surface area contributed by atoms with E-state index in [4.69, 9.17) is 16.3 Å². The van der Waals surface area contributed by atoms with E-state index in [-0.39, 0.29) is 29.6 Å². The molecule has 1 aliphatic heterocycles. The summed E-state index contributed by atoms with van der Waals surface area (Å²) in [5.74, 6) is -0.199. The van der Waals surface area contributed by atoms with Gasteiger partial charge in [-0.1, -0.05) is 23.7 Å². The highest BCUT2D eigenvalue weighted by atomic mass is 35.5. The molecule has 3 aromatic rings. The van der Waals surface area contributed by atoms with E-state index >= 15 is 0 Å². The fourth-order valence-corrected chi connectivity index (χ4v) is 4.50. The molecule has 9 heteroatoms. The minimum atomic E-state index is -0.479. The average Bonchev–Trinajstić information content (AvgIpc) is 2.84. The summed E-state index contributed by atoms with van der Waals surface area (Å²) in [5.41, 5.74) is 0.427. The molecule has 34 heavy (non-hydrogen) atoms. The van der Waals surface area contributed by atoms with E-state index in [1.807, 2.05) is 18.2 Å². The zero-order chi connectivity index (χ0) is 24.2. The topological polar surface area (TPSA) is 66.0 Å². The summed E-state index contributed by atoms with van der Waals surface area (Å²) >= 11 is 6.35. The van der Waals surface area contributed by atoms with Crippen molar-refractivity contribution in [3.05, 3.63) is 65.7 Å². The molecule has 1 aromatic heterocycles. The van der Waals surface area contributed by atoms with Crippen molar-refractivity contribution in [1.82, 2.24) is 14.8 Å². The van der Waals surface area contributed by atoms with Crippen molar-refractivity contribution in [3.63, 3.8) is 0 Å². The summed E-state index contributed by atoms with van der Waals surface area (Å²) in [4.78, 5) is 34.8. The molecular weight excluding hydrogens is 459 g/mol. The van der Waals surface area contributed by atoms with Gasteiger partial charge in [-0.2, -0.15) is 0 Å². The number of hydrogen-bond acceptors (Lipinski definition) is 4. The van der Waals surface area contributed by atoms with Crippen LogP contribution in [0.15, 0.2) is 54.9 Å². The van der Waals surface area contributed by atoms with Gasteiger partial charge >= 0.3 is 6.03 Å². The number of carbonyl (C=O) groups is 2. The first kappa shape index (κ1) is 23.8. The number of hydrogen-bond donors (Lipinski definition) is 0. The zero-order valence-electron chi connectivity index (χ0n) is 19.1. The number of urea groups is 1. The van der Waals surface area contributed by atoms with Crippen LogP contribution in [0.25, 0.3) is 10.8 Å². The lowest BCUT2D eigenvalue weighted by Crippen LogP contribution is -2.51. The number of amides is 3. The van der Waals surface area contributed by atoms with Crippen LogP contribution in [0.1, 0.15) is 12.8 Å². The first-order valence-corrected chi connectivity index (χ1v) is 11.4. The summed E-state index contributed by atoms with van der Waals surface area (Å²) in [6.07, 6.45) is 4.54. The van der Waals surface area contributed by atoms with E-state index in [1.54, 1.807) is 42.4 Å². The van der Waals surface area contributed by atoms with E-state index in [9.17, 15) is 14.0 Å². The third kappa shape index (κ3) is 5.07. The Bertz CT molecular complexity index is 1190. The lowest BCUT2D eigenvalue weighted by molar-refractivity contribution is -0.121. The second-order valence-corrected chi connectivity index (χ2v) is 8.80. The van der Waals surface area contributed by atoms with Gasteiger partial charge in [0, 0.05) is 56.4 Å². The molecule has 0 saturated carbocycles. The molecule has 0 unspecified atom stereocenters. The number of aromatic nitrogens is 1. The Kier molecular flexibility index (Phi) is 7.17. The minimum absolute atomic E-state index is 0.0649. The van der Waals surface area contributed by atoms with Crippen LogP contribution in [-0.4, -0.2) is 66.6 Å². The van der Waals surface area contributed by atoms with Gasteiger partial charge in [0.2, 0.25) is 0 Å². The lowest BCUT2D eigenvalue weighted by Gasteiger charge is -2.39. The predicted octanol–water partition coefficient (Wildman–Crippen LogP) is 4.59. The first-order valence-electron chi connectivity index (χ1n) is 11.0. The van der Waals surface area contributed by atoms with E-state index in [1.165, 1.54) is 23.1 Å². The molecule has 3 amide bonds. The van der Waals surface area contributed by atoms with E-state index in [0.717, 1.165) is 10.8 Å². The number of fused-ring (bicyclic) bond motifs is 1. The summed E-state index contributed by atoms with van der Waals surface area (Å²) < 4.78 is 19.6. The standard InChI is InChI=1S/C25H26ClFN4O3/c1-29(2)25(33)30-12-9-19(10-13-30)31(22-7-6-18(27)14-21(22)26)24(32)16-34-23-5-3-4-17-15-28-11-8-20(17)23/h3-8,11,14-15,19H,9-10,12-13,16H2,1-2H3. The number of rotatable bonds is 5. The van der Waals surface area contributed by atoms with Crippen LogP contribution >= 0.6 is 11.6 Å². The van der Waals surface area contributed by atoms with Gasteiger partial charge in [0.1, 0.15) is 11.6 Å². The maximum atomic E-state index is 13.7. The predicted molar refractivity (Wildman–Crippen MR) is 130 cm³/mol. The molecule has 0 radical (unpaired) electrons. The zero-order valence-corrected chi connectivity index (χ0v) is 19.8. The van der Waals surface area contributed by atoms with Gasteiger partial charge in [0.05, 0.1) is 10.7 Å². The second-order valence-electron chi connectivity index (χ2n) is 8.40. The summed E-state index contributed by atoms with van der Waals surface area (Å²) in [6, 6.07) is 11.1. The number of carbonyl (C=O) groups excluding carboxylic acids is 2. The molecule has 0 spiro atoms. The first-order chi connectivity index (χ1) is 16.3. The molecule has 1 aliphatic rings. The Morgan fingerprint density at radius 2 is 1.94 bits per heavy atom. The van der Waals surface area contributed by atoms with Crippen LogP contribution in [0.4, 0.5) is 14.9 Å². The van der Waals surface area contributed by atoms with Gasteiger partial charge in [-0.3, -0.25) is 9.78 Å². The number of benzene rings is 2. The van der Waals surface area contributed by atoms with Crippen LogP contribution in [0, 0.1) is 5.82 Å². The largest absolute Gasteiger partial charge is 0.483 e. The lowest BCUT2D eigenvalue weighted by atomic mass is 10.0. The third-order valence-electron chi connectivity index (χ3n) is 5.91. The summed E-state index contributed by atoms with van der Waals surface area (Å²) in [7, 11) is 3.42. The maximum Gasteiger partial charge on any atom is 0.319 e. The summed E-state index contributed by atoms with van der Waals surface area (Å²) in [6.45, 7) is 0.787. The Balaban J connectivity index is 1.55. The van der Waals surface area contributed by atoms with Gasteiger partial charge in [0.25, 0.3) is 5.91 Å². The molecular formula is C25H26ClFN4O3. The number of nitrogens with zero attached hydrogens (tertiary/aromatic N) is 4. The number of piperidine rings is 1. The molecule has 2 heterocycles. The van der Waals surface area contributed by atoms with Crippen LogP contribution in [0.5, 0.6) is 5.75 Å². The van der Waals surface area contributed by atoms with Gasteiger partial charge in [-0.25, -0.2) is 9.18 Å². The van der Waals surface area contributed by atoms with Crippen molar-refractivity contribution < 1.29 is 18.7 Å². The van der Waals surface area contributed by atoms with Gasteiger partial charge in [0.15, 0.2) is 6.61 Å². The molecule has 2 aromatic carbocycles. The number of pyridine rings is 1. The molecule has 0 atom stereocenters. The number of anilines is 1. The highest BCUT2D eigenvalue weighted by Gasteiger charge is 2.32. The van der Waals surface area contributed by atoms with Crippen LogP contribution < -0.4 is 9.64 Å². The van der Waals surface area contributed by atoms with Crippen molar-refractivity contribution in [3.8, 4) is 5.75 Å². The average molecular weight is 485 g/mol. The monoisotopic (exact) mass is 484 g/mol. The molecule has 7 nitrogen and oxygen atoms in total.